The molecule has 5 rings (SSSR count). The van der Waals surface area contributed by atoms with Gasteiger partial charge in [-0.15, -0.1) is 0 Å². The molecule has 1 aliphatic heterocycles. The van der Waals surface area contributed by atoms with E-state index in [1.807, 2.05) is 18.2 Å². The van der Waals surface area contributed by atoms with Gasteiger partial charge in [0.1, 0.15) is 5.82 Å². The number of hydrogen-bond donors (Lipinski definition) is 1. The Labute approximate surface area is 186 Å². The number of nitrogens with zero attached hydrogens (tertiary/aromatic N) is 5. The van der Waals surface area contributed by atoms with Crippen LogP contribution in [0.25, 0.3) is 21.8 Å². The fourth-order valence-electron chi connectivity index (χ4n) is 4.42. The number of unbranched alkanes of at least 4 members (excludes halogenated alkanes) is 1. The van der Waals surface area contributed by atoms with Gasteiger partial charge in [0.05, 0.1) is 17.1 Å². The molecule has 6 nitrogen and oxygen atoms in total. The summed E-state index contributed by atoms with van der Waals surface area (Å²) in [6, 6.07) is 12.7. The van der Waals surface area contributed by atoms with Crippen molar-refractivity contribution in [2.75, 3.05) is 37.6 Å². The summed E-state index contributed by atoms with van der Waals surface area (Å²) in [6.45, 7) is 4.85. The van der Waals surface area contributed by atoms with Gasteiger partial charge in [-0.2, -0.15) is 5.26 Å². The number of rotatable bonds is 6. The molecule has 0 atom stereocenters. The monoisotopic (exact) mass is 428 g/mol. The first-order valence-electron chi connectivity index (χ1n) is 11.1. The van der Waals surface area contributed by atoms with Crippen LogP contribution in [-0.2, 0) is 6.42 Å². The van der Waals surface area contributed by atoms with Crippen LogP contribution in [0, 0.1) is 17.1 Å². The molecule has 1 fully saturated rings. The van der Waals surface area contributed by atoms with Crippen LogP contribution < -0.4 is 4.90 Å². The number of nitriles is 1. The Balaban J connectivity index is 1.10. The van der Waals surface area contributed by atoms with Crippen LogP contribution in [0.1, 0.15) is 24.0 Å². The number of halogens is 1. The zero-order chi connectivity index (χ0) is 21.9. The maximum atomic E-state index is 13.4. The Morgan fingerprint density at radius 3 is 2.78 bits per heavy atom. The SMILES string of the molecule is N#Cc1ccc2[nH]cc(CCCCN3CCN(c4ncc5cc(F)ccc5n4)CC3)c2c1. The molecule has 7 heteroatoms. The van der Waals surface area contributed by atoms with Crippen molar-refractivity contribution in [3.8, 4) is 6.07 Å². The van der Waals surface area contributed by atoms with Crippen LogP contribution in [0.15, 0.2) is 48.8 Å². The summed E-state index contributed by atoms with van der Waals surface area (Å²) >= 11 is 0. The molecule has 3 heterocycles. The lowest BCUT2D eigenvalue weighted by Crippen LogP contribution is -2.47. The lowest BCUT2D eigenvalue weighted by Gasteiger charge is -2.34. The van der Waals surface area contributed by atoms with Gasteiger partial charge in [-0.1, -0.05) is 0 Å². The second kappa shape index (κ2) is 8.93. The number of aromatic amines is 1. The molecule has 32 heavy (non-hydrogen) atoms. The highest BCUT2D eigenvalue weighted by atomic mass is 19.1. The van der Waals surface area contributed by atoms with Crippen molar-refractivity contribution < 1.29 is 4.39 Å². The molecule has 0 bridgehead atoms. The summed E-state index contributed by atoms with van der Waals surface area (Å²) in [5, 5.41) is 11.0. The van der Waals surface area contributed by atoms with Gasteiger partial charge in [0.15, 0.2) is 0 Å². The molecule has 1 aliphatic rings. The lowest BCUT2D eigenvalue weighted by atomic mass is 10.1. The van der Waals surface area contributed by atoms with E-state index in [1.165, 1.54) is 17.7 Å². The van der Waals surface area contributed by atoms with E-state index in [0.29, 0.717) is 5.56 Å². The Kier molecular flexibility index (Phi) is 5.70. The van der Waals surface area contributed by atoms with Crippen molar-refractivity contribution in [1.29, 1.82) is 5.26 Å². The van der Waals surface area contributed by atoms with Crippen LogP contribution in [0.5, 0.6) is 0 Å². The molecule has 0 spiro atoms. The summed E-state index contributed by atoms with van der Waals surface area (Å²) in [4.78, 5) is 17.1. The average molecular weight is 429 g/mol. The molecule has 1 N–H and O–H groups in total. The second-order valence-corrected chi connectivity index (χ2v) is 8.35. The third-order valence-electron chi connectivity index (χ3n) is 6.25. The fraction of sp³-hybridized carbons (Fsp3) is 0.320. The van der Waals surface area contributed by atoms with Crippen molar-refractivity contribution in [3.63, 3.8) is 0 Å². The summed E-state index contributed by atoms with van der Waals surface area (Å²) in [7, 11) is 0. The fourth-order valence-corrected chi connectivity index (χ4v) is 4.42. The first-order chi connectivity index (χ1) is 15.7. The summed E-state index contributed by atoms with van der Waals surface area (Å²) < 4.78 is 13.4. The maximum absolute atomic E-state index is 13.4. The van der Waals surface area contributed by atoms with E-state index >= 15 is 0 Å². The van der Waals surface area contributed by atoms with E-state index in [0.717, 1.165) is 79.7 Å². The molecule has 162 valence electrons. The van der Waals surface area contributed by atoms with Crippen molar-refractivity contribution in [1.82, 2.24) is 19.9 Å². The highest BCUT2D eigenvalue weighted by Crippen LogP contribution is 2.22. The first-order valence-corrected chi connectivity index (χ1v) is 11.1. The number of aryl methyl sites for hydroxylation is 1. The highest BCUT2D eigenvalue weighted by Gasteiger charge is 2.19. The number of fused-ring (bicyclic) bond motifs is 2. The second-order valence-electron chi connectivity index (χ2n) is 8.35. The highest BCUT2D eigenvalue weighted by molar-refractivity contribution is 5.84. The minimum Gasteiger partial charge on any atom is -0.361 e. The third kappa shape index (κ3) is 4.27. The smallest absolute Gasteiger partial charge is 0.225 e. The molecule has 0 radical (unpaired) electrons. The molecule has 1 saturated heterocycles. The molecule has 0 unspecified atom stereocenters. The van der Waals surface area contributed by atoms with Crippen LogP contribution in [-0.4, -0.2) is 52.6 Å². The molecule has 0 amide bonds. The average Bonchev–Trinajstić information content (AvgIpc) is 3.24. The minimum absolute atomic E-state index is 0.265. The number of nitrogens with one attached hydrogen (secondary N) is 1. The van der Waals surface area contributed by atoms with Crippen LogP contribution in [0.2, 0.25) is 0 Å². The van der Waals surface area contributed by atoms with Gasteiger partial charge in [-0.05, 0) is 67.8 Å². The van der Waals surface area contributed by atoms with Crippen molar-refractivity contribution >= 4 is 27.8 Å². The van der Waals surface area contributed by atoms with Gasteiger partial charge in [-0.25, -0.2) is 14.4 Å². The Morgan fingerprint density at radius 1 is 1.06 bits per heavy atom. The molecule has 0 aliphatic carbocycles. The topological polar surface area (TPSA) is 71.8 Å². The summed E-state index contributed by atoms with van der Waals surface area (Å²) in [5.74, 6) is 0.457. The van der Waals surface area contributed by atoms with Gasteiger partial charge in [0, 0.05) is 54.9 Å². The number of anilines is 1. The molecular formula is C25H25FN6. The van der Waals surface area contributed by atoms with Crippen LogP contribution >= 0.6 is 0 Å². The van der Waals surface area contributed by atoms with E-state index < -0.39 is 0 Å². The van der Waals surface area contributed by atoms with Crippen LogP contribution in [0.3, 0.4) is 0 Å². The molecule has 2 aromatic carbocycles. The molecule has 4 aromatic rings. The number of benzene rings is 2. The summed E-state index contributed by atoms with van der Waals surface area (Å²) in [6.07, 6.45) is 7.05. The number of aromatic nitrogens is 3. The normalized spacial score (nSPS) is 14.8. The van der Waals surface area contributed by atoms with E-state index in [9.17, 15) is 4.39 Å². The molecule has 2 aromatic heterocycles. The molecular weight excluding hydrogens is 403 g/mol. The quantitative estimate of drug-likeness (QED) is 0.465. The van der Waals surface area contributed by atoms with Crippen molar-refractivity contribution in [2.24, 2.45) is 0 Å². The van der Waals surface area contributed by atoms with Crippen LogP contribution in [0.4, 0.5) is 10.3 Å². The number of piperazine rings is 1. The lowest BCUT2D eigenvalue weighted by molar-refractivity contribution is 0.252. The molecule has 0 saturated carbocycles. The van der Waals surface area contributed by atoms with Crippen molar-refractivity contribution in [2.45, 2.75) is 19.3 Å². The van der Waals surface area contributed by atoms with Gasteiger partial charge in [-0.3, -0.25) is 4.90 Å². The summed E-state index contributed by atoms with van der Waals surface area (Å²) in [5.41, 5.74) is 3.86. The van der Waals surface area contributed by atoms with Gasteiger partial charge in [0.2, 0.25) is 5.95 Å². The van der Waals surface area contributed by atoms with Gasteiger partial charge < -0.3 is 9.88 Å². The number of H-pyrrole nitrogens is 1. The zero-order valence-electron chi connectivity index (χ0n) is 17.9. The first kappa shape index (κ1) is 20.4. The predicted molar refractivity (Wildman–Crippen MR) is 124 cm³/mol. The van der Waals surface area contributed by atoms with E-state index in [1.54, 1.807) is 12.3 Å². The third-order valence-corrected chi connectivity index (χ3v) is 6.25. The van der Waals surface area contributed by atoms with E-state index in [2.05, 4.69) is 37.0 Å². The zero-order valence-corrected chi connectivity index (χ0v) is 17.9. The Hall–Kier alpha value is -3.50. The van der Waals surface area contributed by atoms with E-state index in [-0.39, 0.29) is 5.82 Å². The number of hydrogen-bond acceptors (Lipinski definition) is 5. The van der Waals surface area contributed by atoms with E-state index in [4.69, 9.17) is 5.26 Å². The minimum atomic E-state index is -0.265. The largest absolute Gasteiger partial charge is 0.361 e. The van der Waals surface area contributed by atoms with Gasteiger partial charge in [0.25, 0.3) is 0 Å². The maximum Gasteiger partial charge on any atom is 0.225 e. The van der Waals surface area contributed by atoms with Gasteiger partial charge >= 0.3 is 0 Å². The standard InChI is InChI=1S/C25H25FN6/c26-21-5-7-23-20(14-21)17-29-25(30-23)32-11-9-31(10-12-32)8-2-1-3-19-16-28-24-6-4-18(15-27)13-22(19)24/h4-7,13-14,16-17,28H,1-3,8-12H2. The Morgan fingerprint density at radius 2 is 1.94 bits per heavy atom. The predicted octanol–water partition coefficient (Wildman–Crippen LogP) is 4.27. The Bertz CT molecular complexity index is 1280. The van der Waals surface area contributed by atoms with Crippen molar-refractivity contribution in [3.05, 3.63) is 65.7 Å².